The van der Waals surface area contributed by atoms with Crippen molar-refractivity contribution < 1.29 is 37.7 Å². The molecule has 0 saturated carbocycles. The lowest BCUT2D eigenvalue weighted by Gasteiger charge is -2.36. The molecule has 3 aromatic rings. The Labute approximate surface area is 250 Å². The number of nitrogens with zero attached hydrogens (tertiary/aromatic N) is 1. The summed E-state index contributed by atoms with van der Waals surface area (Å²) in [6.45, 7) is 11.4. The van der Waals surface area contributed by atoms with Crippen molar-refractivity contribution in [2.24, 2.45) is 0 Å². The van der Waals surface area contributed by atoms with Gasteiger partial charge in [0.05, 0.1) is 38.0 Å². The van der Waals surface area contributed by atoms with E-state index in [-0.39, 0.29) is 30.4 Å². The van der Waals surface area contributed by atoms with Gasteiger partial charge in [0.15, 0.2) is 29.2 Å². The van der Waals surface area contributed by atoms with Crippen molar-refractivity contribution >= 4 is 17.6 Å². The Morgan fingerprint density at radius 2 is 1.77 bits per heavy atom. The molecule has 1 N–H and O–H groups in total. The second kappa shape index (κ2) is 11.3. The van der Waals surface area contributed by atoms with Crippen molar-refractivity contribution in [3.05, 3.63) is 74.8 Å². The van der Waals surface area contributed by atoms with Gasteiger partial charge in [-0.15, -0.1) is 0 Å². The highest BCUT2D eigenvalue weighted by Gasteiger charge is 2.38. The molecule has 43 heavy (non-hydrogen) atoms. The van der Waals surface area contributed by atoms with Gasteiger partial charge in [-0.1, -0.05) is 6.07 Å². The first-order valence-corrected chi connectivity index (χ1v) is 14.4. The molecule has 2 heterocycles. The van der Waals surface area contributed by atoms with Crippen LogP contribution in [0, 0.1) is 32.4 Å². The second-order valence-corrected chi connectivity index (χ2v) is 12.2. The summed E-state index contributed by atoms with van der Waals surface area (Å²) in [4.78, 5) is 27.9. The summed E-state index contributed by atoms with van der Waals surface area (Å²) < 4.78 is 47.4. The van der Waals surface area contributed by atoms with Crippen molar-refractivity contribution in [3.63, 3.8) is 0 Å². The van der Waals surface area contributed by atoms with Crippen LogP contribution in [-0.2, 0) is 33.7 Å². The maximum atomic E-state index is 15.6. The van der Waals surface area contributed by atoms with Crippen LogP contribution in [0.15, 0.2) is 24.3 Å². The normalized spacial score (nSPS) is 15.5. The summed E-state index contributed by atoms with van der Waals surface area (Å²) in [5, 5.41) is 10.5. The smallest absolute Gasteiger partial charge is 0.337 e. The zero-order valence-electron chi connectivity index (χ0n) is 25.6. The van der Waals surface area contributed by atoms with Crippen molar-refractivity contribution in [2.45, 2.75) is 79.1 Å². The highest BCUT2D eigenvalue weighted by atomic mass is 19.1. The van der Waals surface area contributed by atoms with E-state index >= 15 is 4.39 Å². The van der Waals surface area contributed by atoms with Gasteiger partial charge in [0.25, 0.3) is 0 Å². The van der Waals surface area contributed by atoms with E-state index in [1.165, 1.54) is 30.2 Å². The number of fused-ring (bicyclic) bond motifs is 2. The molecule has 7 nitrogen and oxygen atoms in total. The number of amides is 1. The van der Waals surface area contributed by atoms with Gasteiger partial charge in [0.1, 0.15) is 0 Å². The van der Waals surface area contributed by atoms with Crippen molar-refractivity contribution in [3.8, 4) is 22.6 Å². The van der Waals surface area contributed by atoms with Gasteiger partial charge in [-0.2, -0.15) is 0 Å². The summed E-state index contributed by atoms with van der Waals surface area (Å²) in [5.41, 5.74) is 5.31. The number of benzene rings is 3. The number of rotatable bonds is 6. The molecule has 0 unspecified atom stereocenters. The van der Waals surface area contributed by atoms with E-state index in [0.29, 0.717) is 52.1 Å². The fraction of sp³-hybridized carbons (Fsp3) is 0.412. The molecule has 2 aliphatic rings. The third kappa shape index (κ3) is 5.35. The first-order chi connectivity index (χ1) is 20.2. The van der Waals surface area contributed by atoms with E-state index in [1.807, 2.05) is 13.8 Å². The number of hydrogen-bond donors (Lipinski definition) is 1. The first-order valence-electron chi connectivity index (χ1n) is 14.4. The van der Waals surface area contributed by atoms with Gasteiger partial charge < -0.3 is 24.2 Å². The van der Waals surface area contributed by atoms with E-state index in [9.17, 15) is 19.1 Å². The van der Waals surface area contributed by atoms with E-state index in [0.717, 1.165) is 23.1 Å². The van der Waals surface area contributed by atoms with Gasteiger partial charge in [-0.3, -0.25) is 4.79 Å². The summed E-state index contributed by atoms with van der Waals surface area (Å²) >= 11 is 0. The lowest BCUT2D eigenvalue weighted by molar-refractivity contribution is -0.160. The molecule has 0 aromatic heterocycles. The predicted molar refractivity (Wildman–Crippen MR) is 159 cm³/mol. The standard InChI is InChI=1S/C34H37F2NO6/c1-17-20-10-9-13-42-30(20)25(36)14-22(17)28-19(3)23-16-37(26-12-8-11-24(35)31(26)41-7)27(38)15-21(23)18(2)29(28)32(33(39)40)43-34(4,5)6/h8,11-12,14,32H,9-10,13,15-16H2,1-7H3,(H,39,40)/t32-/m1/s1. The average Bonchev–Trinajstić information content (AvgIpc) is 2.95. The highest BCUT2D eigenvalue weighted by molar-refractivity contribution is 5.99. The third-order valence-corrected chi connectivity index (χ3v) is 8.37. The van der Waals surface area contributed by atoms with Gasteiger partial charge in [0, 0.05) is 11.1 Å². The van der Waals surface area contributed by atoms with Crippen molar-refractivity contribution in [1.29, 1.82) is 0 Å². The van der Waals surface area contributed by atoms with Crippen LogP contribution in [0.4, 0.5) is 14.5 Å². The monoisotopic (exact) mass is 593 g/mol. The first kappa shape index (κ1) is 30.5. The lowest BCUT2D eigenvalue weighted by Crippen LogP contribution is -2.38. The number of carboxylic acid groups (broad SMARTS) is 1. The molecule has 0 aliphatic carbocycles. The van der Waals surface area contributed by atoms with Crippen LogP contribution >= 0.6 is 0 Å². The Morgan fingerprint density at radius 3 is 2.42 bits per heavy atom. The van der Waals surface area contributed by atoms with Crippen LogP contribution in [0.2, 0.25) is 0 Å². The summed E-state index contributed by atoms with van der Waals surface area (Å²) in [6.07, 6.45) is -0.0526. The maximum Gasteiger partial charge on any atom is 0.337 e. The van der Waals surface area contributed by atoms with E-state index in [2.05, 4.69) is 0 Å². The molecular formula is C34H37F2NO6. The van der Waals surface area contributed by atoms with Gasteiger partial charge in [-0.25, -0.2) is 13.6 Å². The van der Waals surface area contributed by atoms with Gasteiger partial charge in [-0.05, 0) is 112 Å². The molecule has 228 valence electrons. The topological polar surface area (TPSA) is 85.3 Å². The zero-order valence-corrected chi connectivity index (χ0v) is 25.6. The lowest BCUT2D eigenvalue weighted by atomic mass is 9.78. The minimum atomic E-state index is -1.38. The molecule has 0 spiro atoms. The Morgan fingerprint density at radius 1 is 1.05 bits per heavy atom. The Balaban J connectivity index is 1.82. The van der Waals surface area contributed by atoms with Crippen LogP contribution < -0.4 is 14.4 Å². The second-order valence-electron chi connectivity index (χ2n) is 12.2. The van der Waals surface area contributed by atoms with Crippen LogP contribution in [0.1, 0.15) is 72.2 Å². The van der Waals surface area contributed by atoms with Gasteiger partial charge >= 0.3 is 5.97 Å². The number of aliphatic carboxylic acids is 1. The third-order valence-electron chi connectivity index (χ3n) is 8.37. The molecule has 0 fully saturated rings. The fourth-order valence-corrected chi connectivity index (χ4v) is 6.41. The minimum Gasteiger partial charge on any atom is -0.492 e. The molecule has 0 bridgehead atoms. The molecular weight excluding hydrogens is 556 g/mol. The molecule has 5 rings (SSSR count). The Bertz CT molecular complexity index is 1640. The quantitative estimate of drug-likeness (QED) is 0.334. The molecule has 0 radical (unpaired) electrons. The van der Waals surface area contributed by atoms with E-state index < -0.39 is 29.3 Å². The summed E-state index contributed by atoms with van der Waals surface area (Å²) in [7, 11) is 1.35. The van der Waals surface area contributed by atoms with Gasteiger partial charge in [0.2, 0.25) is 5.91 Å². The van der Waals surface area contributed by atoms with Crippen molar-refractivity contribution in [2.75, 3.05) is 18.6 Å². The largest absolute Gasteiger partial charge is 0.492 e. The minimum absolute atomic E-state index is 0.0392. The Kier molecular flexibility index (Phi) is 7.98. The molecule has 3 aromatic carbocycles. The summed E-state index contributed by atoms with van der Waals surface area (Å²) in [6, 6.07) is 5.82. The summed E-state index contributed by atoms with van der Waals surface area (Å²) in [5.74, 6) is -2.38. The average molecular weight is 594 g/mol. The number of carboxylic acids is 1. The number of carbonyl (C=O) groups is 2. The fourth-order valence-electron chi connectivity index (χ4n) is 6.41. The highest BCUT2D eigenvalue weighted by Crippen LogP contribution is 2.47. The van der Waals surface area contributed by atoms with E-state index in [1.54, 1.807) is 33.8 Å². The molecule has 1 amide bonds. The molecule has 2 aliphatic heterocycles. The van der Waals surface area contributed by atoms with Crippen LogP contribution in [0.25, 0.3) is 11.1 Å². The number of hydrogen-bond acceptors (Lipinski definition) is 5. The number of anilines is 1. The number of ether oxygens (including phenoxy) is 3. The molecule has 1 atom stereocenters. The van der Waals surface area contributed by atoms with E-state index in [4.69, 9.17) is 14.2 Å². The zero-order chi connectivity index (χ0) is 31.4. The molecule has 9 heteroatoms. The Hall–Kier alpha value is -3.98. The van der Waals surface area contributed by atoms with Crippen LogP contribution in [-0.4, -0.2) is 36.3 Å². The molecule has 0 saturated heterocycles. The number of para-hydroxylation sites is 1. The van der Waals surface area contributed by atoms with Crippen LogP contribution in [0.3, 0.4) is 0 Å². The maximum absolute atomic E-state index is 15.6. The SMILES string of the molecule is COc1c(F)cccc1N1Cc2c(C)c(-c3cc(F)c4c(c3C)CCCO4)c([C@@H](OC(C)(C)C)C(=O)O)c(C)c2CC1=O. The predicted octanol–water partition coefficient (Wildman–Crippen LogP) is 6.92. The van der Waals surface area contributed by atoms with Crippen molar-refractivity contribution in [1.82, 2.24) is 0 Å². The van der Waals surface area contributed by atoms with Crippen LogP contribution in [0.5, 0.6) is 11.5 Å². The number of carbonyl (C=O) groups excluding carboxylic acids is 1. The number of methoxy groups -OCH3 is 1. The number of halogens is 2.